The largest absolute Gasteiger partial charge is 0.370 e. The smallest absolute Gasteiger partial charge is 0.212 e. The number of aromatic nitrogens is 2. The molecule has 3 aromatic rings. The molecule has 1 aliphatic heterocycles. The highest BCUT2D eigenvalue weighted by molar-refractivity contribution is 5.62. The van der Waals surface area contributed by atoms with Gasteiger partial charge in [-0.2, -0.15) is 4.39 Å². The van der Waals surface area contributed by atoms with E-state index in [1.807, 2.05) is 6.20 Å². The zero-order valence-electron chi connectivity index (χ0n) is 17.2. The Hall–Kier alpha value is -2.75. The van der Waals surface area contributed by atoms with Crippen molar-refractivity contribution in [2.45, 2.75) is 39.0 Å². The lowest BCUT2D eigenvalue weighted by Gasteiger charge is -2.19. The van der Waals surface area contributed by atoms with Crippen LogP contribution >= 0.6 is 0 Å². The van der Waals surface area contributed by atoms with Crippen LogP contribution in [-0.4, -0.2) is 23.1 Å². The van der Waals surface area contributed by atoms with Crippen LogP contribution in [0.2, 0.25) is 0 Å². The van der Waals surface area contributed by atoms with Crippen LogP contribution in [-0.2, 0) is 6.42 Å². The summed E-state index contributed by atoms with van der Waals surface area (Å²) in [5.41, 5.74) is 5.62. The van der Waals surface area contributed by atoms with Gasteiger partial charge in [-0.15, -0.1) is 0 Å². The van der Waals surface area contributed by atoms with Gasteiger partial charge in [0.2, 0.25) is 5.95 Å². The summed E-state index contributed by atoms with van der Waals surface area (Å²) in [6.45, 7) is 6.81. The van der Waals surface area contributed by atoms with Crippen LogP contribution < -0.4 is 4.90 Å². The van der Waals surface area contributed by atoms with Gasteiger partial charge in [-0.1, -0.05) is 44.5 Å². The molecule has 0 radical (unpaired) electrons. The summed E-state index contributed by atoms with van der Waals surface area (Å²) < 4.78 is 13.0. The van der Waals surface area contributed by atoms with E-state index in [4.69, 9.17) is 4.98 Å². The van der Waals surface area contributed by atoms with Crippen molar-refractivity contribution in [3.05, 3.63) is 78.1 Å². The van der Waals surface area contributed by atoms with E-state index in [-0.39, 0.29) is 0 Å². The molecular weight excluding hydrogens is 361 g/mol. The lowest BCUT2D eigenvalue weighted by atomic mass is 9.94. The zero-order valence-corrected chi connectivity index (χ0v) is 17.2. The van der Waals surface area contributed by atoms with Crippen LogP contribution in [0, 0.1) is 11.9 Å². The highest BCUT2D eigenvalue weighted by Crippen LogP contribution is 2.27. The molecule has 0 amide bonds. The molecule has 1 fully saturated rings. The molecule has 4 heteroatoms. The van der Waals surface area contributed by atoms with Gasteiger partial charge in [-0.3, -0.25) is 4.98 Å². The van der Waals surface area contributed by atoms with Gasteiger partial charge in [-0.05, 0) is 60.1 Å². The van der Waals surface area contributed by atoms with E-state index in [0.717, 1.165) is 42.2 Å². The molecule has 1 saturated heterocycles. The minimum atomic E-state index is -0.451. The maximum absolute atomic E-state index is 13.0. The summed E-state index contributed by atoms with van der Waals surface area (Å²) in [4.78, 5) is 10.9. The molecule has 1 aliphatic rings. The number of hydrogen-bond donors (Lipinski definition) is 0. The lowest BCUT2D eigenvalue weighted by Crippen LogP contribution is -2.19. The third-order valence-corrected chi connectivity index (χ3v) is 6.09. The van der Waals surface area contributed by atoms with Gasteiger partial charge in [0, 0.05) is 30.5 Å². The maximum atomic E-state index is 13.0. The third kappa shape index (κ3) is 4.64. The predicted octanol–water partition coefficient (Wildman–Crippen LogP) is 5.87. The van der Waals surface area contributed by atoms with Crippen LogP contribution in [0.4, 0.5) is 10.1 Å². The van der Waals surface area contributed by atoms with Crippen molar-refractivity contribution in [3.63, 3.8) is 0 Å². The monoisotopic (exact) mass is 389 g/mol. The van der Waals surface area contributed by atoms with E-state index in [1.165, 1.54) is 30.2 Å². The maximum Gasteiger partial charge on any atom is 0.212 e. The van der Waals surface area contributed by atoms with Gasteiger partial charge in [0.15, 0.2) is 0 Å². The average Bonchev–Trinajstić information content (AvgIpc) is 3.24. The van der Waals surface area contributed by atoms with Crippen LogP contribution in [0.1, 0.15) is 43.9 Å². The molecule has 0 aliphatic carbocycles. The van der Waals surface area contributed by atoms with Gasteiger partial charge >= 0.3 is 0 Å². The fraction of sp³-hybridized carbons (Fsp3) is 0.360. The molecule has 2 atom stereocenters. The molecule has 2 unspecified atom stereocenters. The Kier molecular flexibility index (Phi) is 5.89. The van der Waals surface area contributed by atoms with Crippen LogP contribution in [0.25, 0.3) is 11.1 Å². The van der Waals surface area contributed by atoms with Crippen molar-refractivity contribution in [3.8, 4) is 11.1 Å². The van der Waals surface area contributed by atoms with Crippen molar-refractivity contribution < 1.29 is 4.39 Å². The lowest BCUT2D eigenvalue weighted by molar-refractivity contribution is 0.569. The molecule has 29 heavy (non-hydrogen) atoms. The van der Waals surface area contributed by atoms with Crippen LogP contribution in [0.15, 0.2) is 60.9 Å². The molecule has 2 aromatic heterocycles. The first-order chi connectivity index (χ1) is 14.1. The number of nitrogens with zero attached hydrogens (tertiary/aromatic N) is 3. The number of benzene rings is 1. The van der Waals surface area contributed by atoms with Crippen molar-refractivity contribution in [1.82, 2.24) is 9.97 Å². The van der Waals surface area contributed by atoms with Crippen molar-refractivity contribution in [1.29, 1.82) is 0 Å². The van der Waals surface area contributed by atoms with Crippen molar-refractivity contribution in [2.75, 3.05) is 18.0 Å². The minimum Gasteiger partial charge on any atom is -0.370 e. The average molecular weight is 390 g/mol. The first-order valence-corrected chi connectivity index (χ1v) is 10.5. The summed E-state index contributed by atoms with van der Waals surface area (Å²) in [6.07, 6.45) is 7.07. The molecule has 3 heterocycles. The van der Waals surface area contributed by atoms with Crippen LogP contribution in [0.3, 0.4) is 0 Å². The Morgan fingerprint density at radius 3 is 2.41 bits per heavy atom. The van der Waals surface area contributed by atoms with E-state index in [1.54, 1.807) is 12.3 Å². The SMILES string of the molecule is CCC1CCN(c2ccc(CC(C)c3ccc(-c4ccc(F)nc4)cc3)nc2)C1. The molecule has 0 bridgehead atoms. The zero-order chi connectivity index (χ0) is 20.2. The topological polar surface area (TPSA) is 29.0 Å². The molecule has 150 valence electrons. The first-order valence-electron chi connectivity index (χ1n) is 10.5. The second-order valence-electron chi connectivity index (χ2n) is 8.11. The van der Waals surface area contributed by atoms with E-state index >= 15 is 0 Å². The van der Waals surface area contributed by atoms with Gasteiger partial charge in [0.25, 0.3) is 0 Å². The van der Waals surface area contributed by atoms with Gasteiger partial charge in [-0.25, -0.2) is 4.98 Å². The number of halogens is 1. The standard InChI is InChI=1S/C25H28FN3/c1-3-19-12-13-29(17-19)24-10-9-23(27-16-24)14-18(2)20-4-6-21(7-5-20)22-8-11-25(26)28-15-22/h4-11,15-16,18-19H,3,12-14,17H2,1-2H3. The first kappa shape index (κ1) is 19.6. The summed E-state index contributed by atoms with van der Waals surface area (Å²) in [5, 5.41) is 0. The highest BCUT2D eigenvalue weighted by atomic mass is 19.1. The van der Waals surface area contributed by atoms with E-state index in [0.29, 0.717) is 5.92 Å². The van der Waals surface area contributed by atoms with Gasteiger partial charge in [0.05, 0.1) is 11.9 Å². The van der Waals surface area contributed by atoms with E-state index in [2.05, 4.69) is 60.1 Å². The number of hydrogen-bond acceptors (Lipinski definition) is 3. The molecule has 4 rings (SSSR count). The minimum absolute atomic E-state index is 0.380. The molecule has 1 aromatic carbocycles. The summed E-state index contributed by atoms with van der Waals surface area (Å²) in [6, 6.07) is 16.0. The Morgan fingerprint density at radius 2 is 1.79 bits per heavy atom. The summed E-state index contributed by atoms with van der Waals surface area (Å²) in [7, 11) is 0. The Labute approximate surface area is 172 Å². The Bertz CT molecular complexity index is 920. The predicted molar refractivity (Wildman–Crippen MR) is 117 cm³/mol. The second-order valence-corrected chi connectivity index (χ2v) is 8.11. The fourth-order valence-corrected chi connectivity index (χ4v) is 4.11. The molecule has 0 spiro atoms. The number of rotatable bonds is 6. The van der Waals surface area contributed by atoms with Crippen molar-refractivity contribution >= 4 is 5.69 Å². The third-order valence-electron chi connectivity index (χ3n) is 6.09. The molecule has 0 N–H and O–H groups in total. The van der Waals surface area contributed by atoms with E-state index < -0.39 is 5.95 Å². The number of pyridine rings is 2. The van der Waals surface area contributed by atoms with Gasteiger partial charge in [0.1, 0.15) is 0 Å². The summed E-state index contributed by atoms with van der Waals surface area (Å²) in [5.74, 6) is 0.751. The second kappa shape index (κ2) is 8.73. The fourth-order valence-electron chi connectivity index (χ4n) is 4.11. The molecular formula is C25H28FN3. The highest BCUT2D eigenvalue weighted by Gasteiger charge is 2.21. The van der Waals surface area contributed by atoms with Gasteiger partial charge < -0.3 is 4.90 Å². The number of anilines is 1. The molecule has 0 saturated carbocycles. The quantitative estimate of drug-likeness (QED) is 0.494. The van der Waals surface area contributed by atoms with Crippen molar-refractivity contribution in [2.24, 2.45) is 5.92 Å². The normalized spacial score (nSPS) is 17.5. The Balaban J connectivity index is 1.38. The summed E-state index contributed by atoms with van der Waals surface area (Å²) >= 11 is 0. The Morgan fingerprint density at radius 1 is 1.00 bits per heavy atom. The van der Waals surface area contributed by atoms with Crippen LogP contribution in [0.5, 0.6) is 0 Å². The molecule has 3 nitrogen and oxygen atoms in total. The van der Waals surface area contributed by atoms with E-state index in [9.17, 15) is 4.39 Å².